The molecule has 2 aromatic rings. The number of hydrogen-bond acceptors (Lipinski definition) is 8. The maximum atomic E-state index is 13.3. The van der Waals surface area contributed by atoms with E-state index in [0.29, 0.717) is 11.3 Å². The molecule has 0 aliphatic carbocycles. The Balaban J connectivity index is 2.12. The van der Waals surface area contributed by atoms with Gasteiger partial charge in [-0.25, -0.2) is 4.79 Å². The molecular weight excluding hydrogens is 494 g/mol. The number of nitrogens with one attached hydrogen (secondary N) is 2. The SMILES string of the molecule is CCOC(=O)CC[C@H](N)C(=O)N[C@@H](CSCc1ccccc1)C(=O)N[C@@H](C(=O)OCC)c1ccccc1. The molecule has 0 heterocycles. The highest BCUT2D eigenvalue weighted by Crippen LogP contribution is 2.17. The van der Waals surface area contributed by atoms with Crippen molar-refractivity contribution in [2.24, 2.45) is 5.73 Å². The van der Waals surface area contributed by atoms with Crippen molar-refractivity contribution in [1.29, 1.82) is 0 Å². The zero-order valence-electron chi connectivity index (χ0n) is 21.2. The Bertz CT molecular complexity index is 1010. The summed E-state index contributed by atoms with van der Waals surface area (Å²) in [7, 11) is 0. The largest absolute Gasteiger partial charge is 0.466 e. The Kier molecular flexibility index (Phi) is 13.2. The van der Waals surface area contributed by atoms with Crippen molar-refractivity contribution < 1.29 is 28.7 Å². The van der Waals surface area contributed by atoms with E-state index < -0.39 is 41.9 Å². The van der Waals surface area contributed by atoms with Crippen molar-refractivity contribution in [1.82, 2.24) is 10.6 Å². The van der Waals surface area contributed by atoms with E-state index in [-0.39, 0.29) is 31.8 Å². The molecule has 0 bridgehead atoms. The van der Waals surface area contributed by atoms with Gasteiger partial charge in [0.05, 0.1) is 19.3 Å². The van der Waals surface area contributed by atoms with Crippen LogP contribution < -0.4 is 16.4 Å². The van der Waals surface area contributed by atoms with Crippen LogP contribution in [0, 0.1) is 0 Å². The third kappa shape index (κ3) is 10.6. The van der Waals surface area contributed by atoms with Gasteiger partial charge in [0.25, 0.3) is 0 Å². The average molecular weight is 530 g/mol. The third-order valence-electron chi connectivity index (χ3n) is 5.27. The molecule has 200 valence electrons. The Morgan fingerprint density at radius 1 is 0.865 bits per heavy atom. The first-order valence-corrected chi connectivity index (χ1v) is 13.4. The van der Waals surface area contributed by atoms with Gasteiger partial charge in [0.15, 0.2) is 6.04 Å². The fourth-order valence-electron chi connectivity index (χ4n) is 3.36. The lowest BCUT2D eigenvalue weighted by Gasteiger charge is -2.24. The molecule has 0 saturated heterocycles. The number of benzene rings is 2. The van der Waals surface area contributed by atoms with Gasteiger partial charge in [0, 0.05) is 17.9 Å². The zero-order chi connectivity index (χ0) is 27.0. The molecule has 2 rings (SSSR count). The second-order valence-electron chi connectivity index (χ2n) is 8.12. The first-order chi connectivity index (χ1) is 17.8. The Hall–Kier alpha value is -3.37. The van der Waals surface area contributed by atoms with Crippen LogP contribution >= 0.6 is 11.8 Å². The minimum Gasteiger partial charge on any atom is -0.466 e. The minimum absolute atomic E-state index is 0.0129. The maximum absolute atomic E-state index is 13.3. The van der Waals surface area contributed by atoms with Crippen LogP contribution in [0.25, 0.3) is 0 Å². The second kappa shape index (κ2) is 16.4. The quantitative estimate of drug-likeness (QED) is 0.299. The first-order valence-electron chi connectivity index (χ1n) is 12.2. The van der Waals surface area contributed by atoms with Crippen molar-refractivity contribution >= 4 is 35.5 Å². The van der Waals surface area contributed by atoms with E-state index >= 15 is 0 Å². The number of esters is 2. The van der Waals surface area contributed by atoms with Crippen molar-refractivity contribution in [3.05, 3.63) is 71.8 Å². The molecule has 0 aromatic heterocycles. The van der Waals surface area contributed by atoms with E-state index in [0.717, 1.165) is 5.56 Å². The third-order valence-corrected chi connectivity index (χ3v) is 6.38. The van der Waals surface area contributed by atoms with Crippen molar-refractivity contribution in [2.45, 2.75) is 50.6 Å². The van der Waals surface area contributed by atoms with E-state index in [2.05, 4.69) is 10.6 Å². The monoisotopic (exact) mass is 529 g/mol. The zero-order valence-corrected chi connectivity index (χ0v) is 22.0. The highest BCUT2D eigenvalue weighted by atomic mass is 32.2. The lowest BCUT2D eigenvalue weighted by Crippen LogP contribution is -2.54. The number of carbonyl (C=O) groups excluding carboxylic acids is 4. The van der Waals surface area contributed by atoms with Crippen LogP contribution in [0.2, 0.25) is 0 Å². The molecule has 9 nitrogen and oxygen atoms in total. The molecule has 37 heavy (non-hydrogen) atoms. The topological polar surface area (TPSA) is 137 Å². The lowest BCUT2D eigenvalue weighted by atomic mass is 10.1. The molecule has 4 N–H and O–H groups in total. The number of nitrogens with two attached hydrogens (primary N) is 1. The van der Waals surface area contributed by atoms with Gasteiger partial charge in [0.1, 0.15) is 6.04 Å². The predicted octanol–water partition coefficient (Wildman–Crippen LogP) is 2.50. The molecule has 0 aliphatic rings. The Morgan fingerprint density at radius 3 is 2.11 bits per heavy atom. The Labute approximate surface area is 221 Å². The number of carbonyl (C=O) groups is 4. The molecule has 0 aliphatic heterocycles. The van der Waals surface area contributed by atoms with Crippen LogP contribution in [0.4, 0.5) is 0 Å². The van der Waals surface area contributed by atoms with Crippen LogP contribution in [0.1, 0.15) is 43.9 Å². The molecule has 0 saturated carbocycles. The summed E-state index contributed by atoms with van der Waals surface area (Å²) in [6.07, 6.45) is 0.0621. The normalized spacial score (nSPS) is 13.1. The maximum Gasteiger partial charge on any atom is 0.333 e. The summed E-state index contributed by atoms with van der Waals surface area (Å²) in [5.41, 5.74) is 7.60. The molecule has 0 unspecified atom stereocenters. The summed E-state index contributed by atoms with van der Waals surface area (Å²) >= 11 is 1.46. The van der Waals surface area contributed by atoms with Gasteiger partial charge in [-0.05, 0) is 31.4 Å². The summed E-state index contributed by atoms with van der Waals surface area (Å²) in [6.45, 7) is 3.77. The highest BCUT2D eigenvalue weighted by Gasteiger charge is 2.30. The predicted molar refractivity (Wildman–Crippen MR) is 142 cm³/mol. The summed E-state index contributed by atoms with van der Waals surface area (Å²) in [5, 5.41) is 5.41. The lowest BCUT2D eigenvalue weighted by molar-refractivity contribution is -0.147. The number of amides is 2. The van der Waals surface area contributed by atoms with Crippen LogP contribution in [0.5, 0.6) is 0 Å². The highest BCUT2D eigenvalue weighted by molar-refractivity contribution is 7.98. The molecule has 2 amide bonds. The molecule has 3 atom stereocenters. The summed E-state index contributed by atoms with van der Waals surface area (Å²) in [5.74, 6) is -1.31. The van der Waals surface area contributed by atoms with E-state index in [1.54, 1.807) is 44.2 Å². The van der Waals surface area contributed by atoms with Crippen molar-refractivity contribution in [3.8, 4) is 0 Å². The minimum atomic E-state index is -1.04. The molecule has 2 aromatic carbocycles. The van der Waals surface area contributed by atoms with Gasteiger partial charge >= 0.3 is 11.9 Å². The van der Waals surface area contributed by atoms with E-state index in [1.807, 2.05) is 30.3 Å². The van der Waals surface area contributed by atoms with Crippen LogP contribution in [-0.2, 0) is 34.4 Å². The number of hydrogen-bond donors (Lipinski definition) is 3. The van der Waals surface area contributed by atoms with Gasteiger partial charge in [0.2, 0.25) is 11.8 Å². The average Bonchev–Trinajstić information content (AvgIpc) is 2.90. The van der Waals surface area contributed by atoms with Gasteiger partial charge < -0.3 is 25.8 Å². The van der Waals surface area contributed by atoms with Gasteiger partial charge in [-0.1, -0.05) is 60.7 Å². The molecule has 0 spiro atoms. The molecule has 0 radical (unpaired) electrons. The number of thioether (sulfide) groups is 1. The number of rotatable bonds is 15. The summed E-state index contributed by atoms with van der Waals surface area (Å²) < 4.78 is 10.0. The summed E-state index contributed by atoms with van der Waals surface area (Å²) in [4.78, 5) is 50.4. The first kappa shape index (κ1) is 29.9. The van der Waals surface area contributed by atoms with Crippen molar-refractivity contribution in [2.75, 3.05) is 19.0 Å². The van der Waals surface area contributed by atoms with Gasteiger partial charge in [-0.2, -0.15) is 11.8 Å². The van der Waals surface area contributed by atoms with Gasteiger partial charge in [-0.3, -0.25) is 14.4 Å². The smallest absolute Gasteiger partial charge is 0.333 e. The van der Waals surface area contributed by atoms with Crippen LogP contribution in [0.15, 0.2) is 60.7 Å². The second-order valence-corrected chi connectivity index (χ2v) is 9.15. The summed E-state index contributed by atoms with van der Waals surface area (Å²) in [6, 6.07) is 15.4. The van der Waals surface area contributed by atoms with E-state index in [4.69, 9.17) is 15.2 Å². The fourth-order valence-corrected chi connectivity index (χ4v) is 4.38. The molecule has 0 fully saturated rings. The fraction of sp³-hybridized carbons (Fsp3) is 0.407. The Morgan fingerprint density at radius 2 is 1.49 bits per heavy atom. The standard InChI is InChI=1S/C27H35N3O6S/c1-3-35-23(31)16-15-21(28)25(32)29-22(18-37-17-19-11-7-5-8-12-19)26(33)30-24(27(34)36-4-2)20-13-9-6-10-14-20/h5-14,21-22,24H,3-4,15-18,28H2,1-2H3,(H,29,32)(H,30,33)/t21-,22-,24+/m0/s1. The molecule has 10 heteroatoms. The molecular formula is C27H35N3O6S. The van der Waals surface area contributed by atoms with Gasteiger partial charge in [-0.15, -0.1) is 0 Å². The van der Waals surface area contributed by atoms with Crippen molar-refractivity contribution in [3.63, 3.8) is 0 Å². The number of ether oxygens (including phenoxy) is 2. The van der Waals surface area contributed by atoms with E-state index in [1.165, 1.54) is 11.8 Å². The van der Waals surface area contributed by atoms with Crippen LogP contribution in [-0.4, -0.2) is 54.8 Å². The van der Waals surface area contributed by atoms with E-state index in [9.17, 15) is 19.2 Å². The van der Waals surface area contributed by atoms with Crippen LogP contribution in [0.3, 0.4) is 0 Å².